The molecule has 14 heteroatoms. The molecular formula is C31H35FNNaO10S. The van der Waals surface area contributed by atoms with Crippen LogP contribution in [0.2, 0.25) is 0 Å². The Morgan fingerprint density at radius 3 is 2.07 bits per heavy atom. The van der Waals surface area contributed by atoms with Gasteiger partial charge in [-0.1, -0.05) is 13.8 Å². The van der Waals surface area contributed by atoms with Crippen LogP contribution in [-0.4, -0.2) is 66.2 Å². The molecule has 238 valence electrons. The Hall–Kier alpha value is -3.39. The van der Waals surface area contributed by atoms with Gasteiger partial charge in [0.25, 0.3) is 0 Å². The third kappa shape index (κ3) is 8.46. The van der Waals surface area contributed by atoms with Gasteiger partial charge in [0.15, 0.2) is 34.6 Å². The number of thiophene rings is 1. The van der Waals surface area contributed by atoms with E-state index in [1.54, 1.807) is 23.1 Å². The minimum atomic E-state index is -1.08. The van der Waals surface area contributed by atoms with E-state index in [2.05, 4.69) is 0 Å². The third-order valence-corrected chi connectivity index (χ3v) is 8.47. The molecule has 1 aromatic heterocycles. The maximum atomic E-state index is 15.5. The summed E-state index contributed by atoms with van der Waals surface area (Å²) in [4.78, 5) is 49.2. The number of benzene rings is 2. The molecule has 2 heterocycles. The molecule has 45 heavy (non-hydrogen) atoms. The first-order chi connectivity index (χ1) is 20.9. The molecule has 2 unspecified atom stereocenters. The quantitative estimate of drug-likeness (QED) is 0.142. The number of hydrogen-bond donors (Lipinski definition) is 2. The minimum Gasteiger partial charge on any atom is -1.00 e. The van der Waals surface area contributed by atoms with Gasteiger partial charge in [0, 0.05) is 48.5 Å². The summed E-state index contributed by atoms with van der Waals surface area (Å²) in [5.74, 6) is -4.03. The monoisotopic (exact) mass is 655 g/mol. The number of carbonyl (C=O) groups excluding carboxylic acids is 2. The number of amides is 1. The van der Waals surface area contributed by atoms with Crippen molar-refractivity contribution in [2.24, 2.45) is 11.8 Å². The molecule has 0 bridgehead atoms. The SMILES string of the molecule is COc1cc2c(cc1OCCCOc1c(OC)cc3sc(C(=O)CC(C)C(=O)O)cc3c1F)CN(C(=O)CC(C)C(=O)O)C2.[H-].[Na+]. The van der Waals surface area contributed by atoms with Crippen LogP contribution < -0.4 is 48.5 Å². The van der Waals surface area contributed by atoms with Gasteiger partial charge in [0.1, 0.15) is 0 Å². The van der Waals surface area contributed by atoms with Gasteiger partial charge in [-0.05, 0) is 29.3 Å². The minimum absolute atomic E-state index is 0. The number of methoxy groups -OCH3 is 2. The van der Waals surface area contributed by atoms with Crippen LogP contribution in [0, 0.1) is 17.7 Å². The van der Waals surface area contributed by atoms with Crippen LogP contribution in [0.5, 0.6) is 23.0 Å². The molecule has 3 aromatic rings. The molecule has 1 aliphatic rings. The first kappa shape index (κ1) is 36.1. The van der Waals surface area contributed by atoms with Gasteiger partial charge >= 0.3 is 41.5 Å². The number of ketones is 1. The molecule has 0 saturated carbocycles. The van der Waals surface area contributed by atoms with Crippen molar-refractivity contribution in [3.63, 3.8) is 0 Å². The molecule has 4 rings (SSSR count). The van der Waals surface area contributed by atoms with E-state index >= 15 is 4.39 Å². The number of ether oxygens (including phenoxy) is 4. The molecular weight excluding hydrogens is 620 g/mol. The number of fused-ring (bicyclic) bond motifs is 2. The molecule has 0 fully saturated rings. The summed E-state index contributed by atoms with van der Waals surface area (Å²) in [5, 5.41) is 18.4. The smallest absolute Gasteiger partial charge is 1.00 e. The van der Waals surface area contributed by atoms with Crippen LogP contribution >= 0.6 is 11.3 Å². The summed E-state index contributed by atoms with van der Waals surface area (Å²) < 4.78 is 38.4. The van der Waals surface area contributed by atoms with E-state index in [1.165, 1.54) is 34.1 Å². The molecule has 1 amide bonds. The number of carboxylic acids is 2. The fraction of sp³-hybridized carbons (Fsp3) is 0.419. The predicted octanol–water partition coefficient (Wildman–Crippen LogP) is 2.27. The summed E-state index contributed by atoms with van der Waals surface area (Å²) in [6.45, 7) is 3.92. The van der Waals surface area contributed by atoms with Gasteiger partial charge in [0.05, 0.1) is 44.1 Å². The van der Waals surface area contributed by atoms with Gasteiger partial charge in [-0.15, -0.1) is 11.3 Å². The average Bonchev–Trinajstić information content (AvgIpc) is 3.61. The first-order valence-electron chi connectivity index (χ1n) is 13.9. The Morgan fingerprint density at radius 2 is 1.47 bits per heavy atom. The normalized spacial score (nSPS) is 13.4. The number of rotatable bonds is 15. The van der Waals surface area contributed by atoms with Crippen LogP contribution in [0.25, 0.3) is 10.1 Å². The van der Waals surface area contributed by atoms with Crippen LogP contribution in [-0.2, 0) is 27.5 Å². The zero-order chi connectivity index (χ0) is 32.1. The summed E-state index contributed by atoms with van der Waals surface area (Å²) in [5.41, 5.74) is 1.76. The van der Waals surface area contributed by atoms with Crippen LogP contribution in [0.15, 0.2) is 24.3 Å². The second-order valence-corrected chi connectivity index (χ2v) is 11.7. The van der Waals surface area contributed by atoms with Crippen molar-refractivity contribution >= 4 is 45.1 Å². The van der Waals surface area contributed by atoms with Crippen LogP contribution in [0.1, 0.15) is 55.3 Å². The zero-order valence-corrected chi connectivity index (χ0v) is 28.6. The molecule has 2 aromatic carbocycles. The third-order valence-electron chi connectivity index (χ3n) is 7.35. The maximum Gasteiger partial charge on any atom is 1.00 e. The van der Waals surface area contributed by atoms with E-state index in [0.717, 1.165) is 22.5 Å². The Labute approximate surface area is 287 Å². The van der Waals surface area contributed by atoms with Crippen molar-refractivity contribution < 1.29 is 83.7 Å². The van der Waals surface area contributed by atoms with E-state index < -0.39 is 29.6 Å². The molecule has 2 N–H and O–H groups in total. The summed E-state index contributed by atoms with van der Waals surface area (Å²) in [6.07, 6.45) is 0.0978. The second-order valence-electron chi connectivity index (χ2n) is 10.6. The van der Waals surface area contributed by atoms with Crippen molar-refractivity contribution in [2.45, 2.75) is 46.2 Å². The Balaban J connectivity index is 0.00000368. The summed E-state index contributed by atoms with van der Waals surface area (Å²) >= 11 is 1.06. The van der Waals surface area contributed by atoms with Crippen molar-refractivity contribution in [3.05, 3.63) is 46.1 Å². The van der Waals surface area contributed by atoms with Gasteiger partial charge in [-0.2, -0.15) is 0 Å². The van der Waals surface area contributed by atoms with Crippen molar-refractivity contribution in [2.75, 3.05) is 27.4 Å². The Bertz CT molecular complexity index is 1600. The van der Waals surface area contributed by atoms with E-state index in [1.807, 2.05) is 0 Å². The van der Waals surface area contributed by atoms with Crippen LogP contribution in [0.4, 0.5) is 4.39 Å². The van der Waals surface area contributed by atoms with Gasteiger partial charge < -0.3 is 35.5 Å². The fourth-order valence-electron chi connectivity index (χ4n) is 4.74. The molecule has 1 aliphatic heterocycles. The van der Waals surface area contributed by atoms with Gasteiger partial charge in [-0.3, -0.25) is 19.2 Å². The van der Waals surface area contributed by atoms with E-state index in [0.29, 0.717) is 35.7 Å². The number of nitrogens with zero attached hydrogens (tertiary/aromatic N) is 1. The largest absolute Gasteiger partial charge is 1.00 e. The Kier molecular flexibility index (Phi) is 12.6. The van der Waals surface area contributed by atoms with Crippen LogP contribution in [0.3, 0.4) is 0 Å². The zero-order valence-electron chi connectivity index (χ0n) is 26.8. The topological polar surface area (TPSA) is 149 Å². The standard InChI is InChI=1S/C31H34FNO10S.Na.H/c1-16(30(36)37)8-21(34)26-12-20-25(44-26)13-24(41-4)29(28(20)32)43-7-5-6-42-23-11-19-15-33(14-18(19)10-22(23)40-3)27(35)9-17(2)31(38)39;;/h10-13,16-17H,5-9,14-15H2,1-4H3,(H,36,37)(H,38,39);;/q;+1;-1. The molecule has 0 aliphatic carbocycles. The summed E-state index contributed by atoms with van der Waals surface area (Å²) in [7, 11) is 2.89. The first-order valence-corrected chi connectivity index (χ1v) is 14.8. The number of aliphatic carboxylic acids is 2. The van der Waals surface area contributed by atoms with Gasteiger partial charge in [0.2, 0.25) is 5.91 Å². The van der Waals surface area contributed by atoms with E-state index in [-0.39, 0.29) is 90.5 Å². The maximum absolute atomic E-state index is 15.5. The second kappa shape index (κ2) is 15.7. The van der Waals surface area contributed by atoms with Crippen molar-refractivity contribution in [1.29, 1.82) is 0 Å². The number of carboxylic acid groups (broad SMARTS) is 2. The van der Waals surface area contributed by atoms with Crippen molar-refractivity contribution in [3.8, 4) is 23.0 Å². The number of carbonyl (C=O) groups is 4. The number of Topliss-reactive ketones (excluding diaryl/α,β-unsaturated/α-hetero) is 1. The predicted molar refractivity (Wildman–Crippen MR) is 159 cm³/mol. The average molecular weight is 656 g/mol. The molecule has 0 spiro atoms. The number of hydrogen-bond acceptors (Lipinski definition) is 9. The summed E-state index contributed by atoms with van der Waals surface area (Å²) in [6, 6.07) is 6.58. The molecule has 0 saturated heterocycles. The van der Waals surface area contributed by atoms with Gasteiger partial charge in [-0.25, -0.2) is 4.39 Å². The number of halogens is 1. The molecule has 11 nitrogen and oxygen atoms in total. The fourth-order valence-corrected chi connectivity index (χ4v) is 5.77. The molecule has 2 atom stereocenters. The van der Waals surface area contributed by atoms with E-state index in [9.17, 15) is 19.2 Å². The molecule has 0 radical (unpaired) electrons. The van der Waals surface area contributed by atoms with E-state index in [4.69, 9.17) is 29.2 Å². The van der Waals surface area contributed by atoms with Crippen molar-refractivity contribution in [1.82, 2.24) is 4.90 Å². The Morgan fingerprint density at radius 1 is 0.889 bits per heavy atom.